The molecule has 2 aliphatic heterocycles. The summed E-state index contributed by atoms with van der Waals surface area (Å²) in [5, 5.41) is 3.57. The smallest absolute Gasteiger partial charge is 0.0162 e. The molecule has 1 N–H and O–H groups in total. The van der Waals surface area contributed by atoms with Gasteiger partial charge in [0.05, 0.1) is 0 Å². The van der Waals surface area contributed by atoms with Crippen molar-refractivity contribution in [2.45, 2.75) is 38.3 Å². The molecule has 1 saturated carbocycles. The highest BCUT2D eigenvalue weighted by molar-refractivity contribution is 5.09. The summed E-state index contributed by atoms with van der Waals surface area (Å²) in [5.74, 6) is 1.01. The fourth-order valence-electron chi connectivity index (χ4n) is 2.24. The first kappa shape index (κ1) is 4.80. The third-order valence-corrected chi connectivity index (χ3v) is 2.71. The monoisotopic (exact) mass is 111 g/mol. The number of nitrogens with one attached hydrogen (secondary N) is 1. The van der Waals surface area contributed by atoms with Crippen LogP contribution in [0.25, 0.3) is 0 Å². The first-order valence-corrected chi connectivity index (χ1v) is 3.47. The van der Waals surface area contributed by atoms with E-state index in [1.165, 1.54) is 12.8 Å². The second-order valence-electron chi connectivity index (χ2n) is 3.66. The summed E-state index contributed by atoms with van der Waals surface area (Å²) in [4.78, 5) is 0. The molecule has 3 aliphatic rings. The van der Waals surface area contributed by atoms with Gasteiger partial charge in [-0.05, 0) is 32.6 Å². The Balaban J connectivity index is 2.17. The summed E-state index contributed by atoms with van der Waals surface area (Å²) in [5.41, 5.74) is 0.560. The minimum absolute atomic E-state index is 0.560. The summed E-state index contributed by atoms with van der Waals surface area (Å²) < 4.78 is 0. The molecule has 0 aromatic heterocycles. The molecule has 1 unspecified atom stereocenters. The van der Waals surface area contributed by atoms with Crippen molar-refractivity contribution in [2.24, 2.45) is 5.92 Å². The highest BCUT2D eigenvalue weighted by atomic mass is 15.1. The van der Waals surface area contributed by atoms with Gasteiger partial charge in [0, 0.05) is 11.6 Å². The largest absolute Gasteiger partial charge is 0.309 e. The van der Waals surface area contributed by atoms with Crippen LogP contribution in [0, 0.1) is 5.92 Å². The van der Waals surface area contributed by atoms with Crippen molar-refractivity contribution < 1.29 is 0 Å². The molecule has 2 saturated heterocycles. The Morgan fingerprint density at radius 2 is 2.12 bits per heavy atom. The summed E-state index contributed by atoms with van der Waals surface area (Å²) in [6, 6.07) is 0.806. The maximum Gasteiger partial charge on any atom is 0.0162 e. The van der Waals surface area contributed by atoms with E-state index in [0.717, 1.165) is 12.0 Å². The van der Waals surface area contributed by atoms with Crippen LogP contribution in [0.1, 0.15) is 26.7 Å². The Labute approximate surface area is 50.5 Å². The van der Waals surface area contributed by atoms with E-state index in [9.17, 15) is 0 Å². The van der Waals surface area contributed by atoms with Gasteiger partial charge in [-0.1, -0.05) is 0 Å². The van der Waals surface area contributed by atoms with Crippen molar-refractivity contribution >= 4 is 0 Å². The topological polar surface area (TPSA) is 12.0 Å². The van der Waals surface area contributed by atoms with Crippen LogP contribution < -0.4 is 5.32 Å². The summed E-state index contributed by atoms with van der Waals surface area (Å²) >= 11 is 0. The van der Waals surface area contributed by atoms with Crippen LogP contribution >= 0.6 is 0 Å². The lowest BCUT2D eigenvalue weighted by Crippen LogP contribution is -2.39. The number of hydrogen-bond acceptors (Lipinski definition) is 1. The molecule has 1 nitrogen and oxygen atoms in total. The van der Waals surface area contributed by atoms with Gasteiger partial charge in [0.1, 0.15) is 0 Å². The highest BCUT2D eigenvalue weighted by Gasteiger charge is 2.50. The maximum absolute atomic E-state index is 3.57. The SMILES string of the molecule is CC1NC2(C)CC1C2. The predicted octanol–water partition coefficient (Wildman–Crippen LogP) is 1.15. The van der Waals surface area contributed by atoms with Gasteiger partial charge in [-0.2, -0.15) is 0 Å². The fraction of sp³-hybridized carbons (Fsp3) is 1.00. The van der Waals surface area contributed by atoms with Gasteiger partial charge in [0.15, 0.2) is 0 Å². The Kier molecular flexibility index (Phi) is 0.663. The Morgan fingerprint density at radius 1 is 1.50 bits per heavy atom. The molecule has 0 radical (unpaired) electrons. The molecule has 3 rings (SSSR count). The summed E-state index contributed by atoms with van der Waals surface area (Å²) in [6.07, 6.45) is 2.85. The molecule has 8 heavy (non-hydrogen) atoms. The van der Waals surface area contributed by atoms with E-state index in [2.05, 4.69) is 19.2 Å². The molecule has 0 spiro atoms. The second-order valence-corrected chi connectivity index (χ2v) is 3.66. The van der Waals surface area contributed by atoms with Gasteiger partial charge >= 0.3 is 0 Å². The van der Waals surface area contributed by atoms with E-state index in [4.69, 9.17) is 0 Å². The number of fused-ring (bicyclic) bond motifs is 1. The van der Waals surface area contributed by atoms with Crippen LogP contribution in [0.4, 0.5) is 0 Å². The molecule has 0 aromatic carbocycles. The van der Waals surface area contributed by atoms with Crippen LogP contribution in [-0.2, 0) is 0 Å². The van der Waals surface area contributed by atoms with Crippen molar-refractivity contribution in [3.63, 3.8) is 0 Å². The number of hydrogen-bond donors (Lipinski definition) is 1. The van der Waals surface area contributed by atoms with Crippen molar-refractivity contribution in [3.05, 3.63) is 0 Å². The molecule has 1 atom stereocenters. The van der Waals surface area contributed by atoms with Crippen molar-refractivity contribution in [1.29, 1.82) is 0 Å². The first-order chi connectivity index (χ1) is 3.70. The highest BCUT2D eigenvalue weighted by Crippen LogP contribution is 2.46. The standard InChI is InChI=1S/C7H13N/c1-5-6-3-7(2,4-6)8-5/h5-6,8H,3-4H2,1-2H3. The molecule has 2 heterocycles. The molecule has 0 amide bonds. The Bertz CT molecular complexity index is 114. The lowest BCUT2D eigenvalue weighted by atomic mass is 9.74. The van der Waals surface area contributed by atoms with Gasteiger partial charge in [-0.15, -0.1) is 0 Å². The summed E-state index contributed by atoms with van der Waals surface area (Å²) in [6.45, 7) is 4.62. The average molecular weight is 111 g/mol. The van der Waals surface area contributed by atoms with Crippen LogP contribution in [0.3, 0.4) is 0 Å². The zero-order valence-electron chi connectivity index (χ0n) is 5.57. The zero-order valence-corrected chi connectivity index (χ0v) is 5.57. The molecule has 1 aliphatic carbocycles. The van der Waals surface area contributed by atoms with Gasteiger partial charge in [0.2, 0.25) is 0 Å². The van der Waals surface area contributed by atoms with E-state index < -0.39 is 0 Å². The van der Waals surface area contributed by atoms with Gasteiger partial charge in [0.25, 0.3) is 0 Å². The van der Waals surface area contributed by atoms with Crippen molar-refractivity contribution in [1.82, 2.24) is 5.32 Å². The lowest BCUT2D eigenvalue weighted by Gasteiger charge is -2.33. The second kappa shape index (κ2) is 1.10. The van der Waals surface area contributed by atoms with Crippen LogP contribution in [-0.4, -0.2) is 11.6 Å². The van der Waals surface area contributed by atoms with Crippen molar-refractivity contribution in [2.75, 3.05) is 0 Å². The average Bonchev–Trinajstić information content (AvgIpc) is 1.88. The number of rotatable bonds is 0. The van der Waals surface area contributed by atoms with Crippen LogP contribution in [0.2, 0.25) is 0 Å². The van der Waals surface area contributed by atoms with Gasteiger partial charge < -0.3 is 5.32 Å². The van der Waals surface area contributed by atoms with E-state index in [1.54, 1.807) is 0 Å². The van der Waals surface area contributed by atoms with E-state index in [0.29, 0.717) is 5.54 Å². The molecular weight excluding hydrogens is 98.1 g/mol. The molecular formula is C7H13N. The van der Waals surface area contributed by atoms with Crippen LogP contribution in [0.5, 0.6) is 0 Å². The van der Waals surface area contributed by atoms with E-state index in [-0.39, 0.29) is 0 Å². The molecule has 3 fully saturated rings. The molecule has 0 aromatic rings. The van der Waals surface area contributed by atoms with Gasteiger partial charge in [-0.25, -0.2) is 0 Å². The molecule has 2 bridgehead atoms. The maximum atomic E-state index is 3.57. The third-order valence-electron chi connectivity index (χ3n) is 2.71. The fourth-order valence-corrected chi connectivity index (χ4v) is 2.24. The zero-order chi connectivity index (χ0) is 5.78. The normalized spacial score (nSPS) is 60.8. The van der Waals surface area contributed by atoms with Crippen LogP contribution in [0.15, 0.2) is 0 Å². The minimum atomic E-state index is 0.560. The Morgan fingerprint density at radius 3 is 2.25 bits per heavy atom. The first-order valence-electron chi connectivity index (χ1n) is 3.47. The summed E-state index contributed by atoms with van der Waals surface area (Å²) in [7, 11) is 0. The third kappa shape index (κ3) is 0.408. The van der Waals surface area contributed by atoms with Gasteiger partial charge in [-0.3, -0.25) is 0 Å². The lowest BCUT2D eigenvalue weighted by molar-refractivity contribution is 0.247. The molecule has 1 heteroatoms. The van der Waals surface area contributed by atoms with E-state index >= 15 is 0 Å². The Hall–Kier alpha value is -0.0400. The van der Waals surface area contributed by atoms with Crippen molar-refractivity contribution in [3.8, 4) is 0 Å². The quantitative estimate of drug-likeness (QED) is 0.494. The minimum Gasteiger partial charge on any atom is -0.309 e. The molecule has 46 valence electrons. The van der Waals surface area contributed by atoms with E-state index in [1.807, 2.05) is 0 Å². The predicted molar refractivity (Wildman–Crippen MR) is 33.7 cm³/mol.